The lowest BCUT2D eigenvalue weighted by Crippen LogP contribution is -2.32. The number of hydrogen-bond donors (Lipinski definition) is 1. The molecule has 1 aromatic rings. The first kappa shape index (κ1) is 15.2. The third-order valence-corrected chi connectivity index (χ3v) is 4.34. The van der Waals surface area contributed by atoms with E-state index in [2.05, 4.69) is 15.9 Å². The van der Waals surface area contributed by atoms with E-state index in [-0.39, 0.29) is 5.78 Å². The van der Waals surface area contributed by atoms with Crippen molar-refractivity contribution in [2.24, 2.45) is 0 Å². The lowest BCUT2D eigenvalue weighted by atomic mass is 9.89. The molecule has 0 spiro atoms. The van der Waals surface area contributed by atoms with Crippen LogP contribution in [-0.2, 0) is 0 Å². The van der Waals surface area contributed by atoms with E-state index in [1.165, 1.54) is 21.0 Å². The van der Waals surface area contributed by atoms with Crippen LogP contribution >= 0.6 is 15.9 Å². The van der Waals surface area contributed by atoms with Crippen LogP contribution in [0.2, 0.25) is 0 Å². The molecule has 0 bridgehead atoms. The molecule has 0 aliphatic heterocycles. The number of methoxy groups -OCH3 is 1. The molecule has 18 heavy (non-hydrogen) atoms. The van der Waals surface area contributed by atoms with Crippen molar-refractivity contribution in [1.82, 2.24) is 0 Å². The van der Waals surface area contributed by atoms with E-state index in [1.807, 2.05) is 20.8 Å². The summed E-state index contributed by atoms with van der Waals surface area (Å²) in [6, 6.07) is 0. The fourth-order valence-electron chi connectivity index (χ4n) is 1.92. The van der Waals surface area contributed by atoms with Crippen molar-refractivity contribution in [3.63, 3.8) is 0 Å². The standard InChI is InChI=1S/C14H19BrO3/c1-7-8(2)12(18-6)10(9(3)11(7)15)13(16)14(4,5)17/h17H,1-6H3. The topological polar surface area (TPSA) is 46.5 Å². The molecule has 0 heterocycles. The number of carbonyl (C=O) groups excluding carboxylic acids is 1. The minimum atomic E-state index is -1.42. The number of carbonyl (C=O) groups is 1. The number of rotatable bonds is 3. The predicted molar refractivity (Wildman–Crippen MR) is 75.5 cm³/mol. The highest BCUT2D eigenvalue weighted by Gasteiger charge is 2.31. The van der Waals surface area contributed by atoms with Gasteiger partial charge in [-0.1, -0.05) is 15.9 Å². The molecule has 4 heteroatoms. The van der Waals surface area contributed by atoms with Gasteiger partial charge in [-0.05, 0) is 51.3 Å². The zero-order valence-electron chi connectivity index (χ0n) is 11.6. The van der Waals surface area contributed by atoms with E-state index >= 15 is 0 Å². The van der Waals surface area contributed by atoms with Gasteiger partial charge in [0.1, 0.15) is 11.4 Å². The first-order chi connectivity index (χ1) is 8.12. The maximum Gasteiger partial charge on any atom is 0.197 e. The number of Topliss-reactive ketones (excluding diaryl/α,β-unsaturated/α-hetero) is 1. The van der Waals surface area contributed by atoms with Crippen molar-refractivity contribution in [3.05, 3.63) is 26.7 Å². The summed E-state index contributed by atoms with van der Waals surface area (Å²) in [5.74, 6) is 0.209. The molecule has 0 atom stereocenters. The zero-order valence-corrected chi connectivity index (χ0v) is 13.2. The van der Waals surface area contributed by atoms with Gasteiger partial charge in [0, 0.05) is 4.47 Å². The van der Waals surface area contributed by atoms with Crippen molar-refractivity contribution in [2.45, 2.75) is 40.2 Å². The highest BCUT2D eigenvalue weighted by Crippen LogP contribution is 2.37. The molecule has 0 radical (unpaired) electrons. The second-order valence-electron chi connectivity index (χ2n) is 4.99. The van der Waals surface area contributed by atoms with Gasteiger partial charge in [-0.25, -0.2) is 0 Å². The monoisotopic (exact) mass is 314 g/mol. The fraction of sp³-hybridized carbons (Fsp3) is 0.500. The van der Waals surface area contributed by atoms with Crippen molar-refractivity contribution in [3.8, 4) is 5.75 Å². The summed E-state index contributed by atoms with van der Waals surface area (Å²) in [4.78, 5) is 12.3. The van der Waals surface area contributed by atoms with Gasteiger partial charge in [-0.3, -0.25) is 4.79 Å². The summed E-state index contributed by atoms with van der Waals surface area (Å²) in [6.45, 7) is 8.68. The molecule has 0 aromatic heterocycles. The second-order valence-corrected chi connectivity index (χ2v) is 5.78. The fourth-order valence-corrected chi connectivity index (χ4v) is 2.41. The number of hydrogen-bond acceptors (Lipinski definition) is 3. The molecular weight excluding hydrogens is 296 g/mol. The van der Waals surface area contributed by atoms with Crippen LogP contribution in [0.1, 0.15) is 40.9 Å². The molecule has 0 unspecified atom stereocenters. The van der Waals surface area contributed by atoms with Crippen LogP contribution in [0.15, 0.2) is 4.47 Å². The molecule has 0 amide bonds. The smallest absolute Gasteiger partial charge is 0.197 e. The van der Waals surface area contributed by atoms with Crippen molar-refractivity contribution >= 4 is 21.7 Å². The van der Waals surface area contributed by atoms with E-state index in [1.54, 1.807) is 0 Å². The Morgan fingerprint density at radius 1 is 1.17 bits per heavy atom. The van der Waals surface area contributed by atoms with Crippen LogP contribution in [0.5, 0.6) is 5.75 Å². The summed E-state index contributed by atoms with van der Waals surface area (Å²) in [7, 11) is 1.54. The Kier molecular flexibility index (Phi) is 4.23. The third-order valence-electron chi connectivity index (χ3n) is 3.15. The first-order valence-electron chi connectivity index (χ1n) is 5.73. The van der Waals surface area contributed by atoms with Gasteiger partial charge < -0.3 is 9.84 Å². The Labute approximate surface area is 116 Å². The van der Waals surface area contributed by atoms with Crippen LogP contribution in [-0.4, -0.2) is 23.6 Å². The number of halogens is 1. The maximum atomic E-state index is 12.3. The summed E-state index contributed by atoms with van der Waals surface area (Å²) in [5.41, 5.74) is 1.76. The van der Waals surface area contributed by atoms with Crippen LogP contribution < -0.4 is 4.74 Å². The van der Waals surface area contributed by atoms with Crippen molar-refractivity contribution < 1.29 is 14.6 Å². The van der Waals surface area contributed by atoms with Gasteiger partial charge in [0.15, 0.2) is 5.78 Å². The number of ether oxygens (including phenoxy) is 1. The highest BCUT2D eigenvalue weighted by atomic mass is 79.9. The molecule has 0 aliphatic carbocycles. The Balaban J connectivity index is 3.68. The van der Waals surface area contributed by atoms with E-state index < -0.39 is 5.60 Å². The minimum Gasteiger partial charge on any atom is -0.496 e. The van der Waals surface area contributed by atoms with Crippen LogP contribution in [0.3, 0.4) is 0 Å². The molecule has 0 saturated carbocycles. The van der Waals surface area contributed by atoms with Gasteiger partial charge in [-0.15, -0.1) is 0 Å². The van der Waals surface area contributed by atoms with Crippen molar-refractivity contribution in [2.75, 3.05) is 7.11 Å². The summed E-state index contributed by atoms with van der Waals surface area (Å²) >= 11 is 3.49. The zero-order chi connectivity index (χ0) is 14.2. The number of aliphatic hydroxyl groups is 1. The van der Waals surface area contributed by atoms with E-state index in [0.717, 1.165) is 21.2 Å². The van der Waals surface area contributed by atoms with Crippen LogP contribution in [0.25, 0.3) is 0 Å². The number of ketones is 1. The molecule has 0 fully saturated rings. The summed E-state index contributed by atoms with van der Waals surface area (Å²) < 4.78 is 6.24. The predicted octanol–water partition coefficient (Wildman–Crippen LogP) is 3.34. The molecule has 0 saturated heterocycles. The maximum absolute atomic E-state index is 12.3. The lowest BCUT2D eigenvalue weighted by Gasteiger charge is -2.22. The van der Waals surface area contributed by atoms with E-state index in [0.29, 0.717) is 11.3 Å². The molecule has 0 aliphatic rings. The Morgan fingerprint density at radius 3 is 2.06 bits per heavy atom. The van der Waals surface area contributed by atoms with E-state index in [9.17, 15) is 9.90 Å². The Morgan fingerprint density at radius 2 is 1.67 bits per heavy atom. The Bertz CT molecular complexity index is 499. The third kappa shape index (κ3) is 2.45. The van der Waals surface area contributed by atoms with Gasteiger partial charge in [0.05, 0.1) is 12.7 Å². The number of benzene rings is 1. The van der Waals surface area contributed by atoms with Gasteiger partial charge in [0.25, 0.3) is 0 Å². The van der Waals surface area contributed by atoms with Gasteiger partial charge >= 0.3 is 0 Å². The van der Waals surface area contributed by atoms with Crippen LogP contribution in [0.4, 0.5) is 0 Å². The van der Waals surface area contributed by atoms with Gasteiger partial charge in [0.2, 0.25) is 0 Å². The largest absolute Gasteiger partial charge is 0.496 e. The van der Waals surface area contributed by atoms with Crippen molar-refractivity contribution in [1.29, 1.82) is 0 Å². The quantitative estimate of drug-likeness (QED) is 0.870. The average molecular weight is 315 g/mol. The minimum absolute atomic E-state index is 0.333. The van der Waals surface area contributed by atoms with Crippen LogP contribution in [0, 0.1) is 20.8 Å². The molecule has 100 valence electrons. The average Bonchev–Trinajstić information content (AvgIpc) is 2.28. The lowest BCUT2D eigenvalue weighted by molar-refractivity contribution is 0.0484. The van der Waals surface area contributed by atoms with E-state index in [4.69, 9.17) is 4.74 Å². The Hall–Kier alpha value is -0.870. The SMILES string of the molecule is COc1c(C)c(C)c(Br)c(C)c1C(=O)C(C)(C)O. The first-order valence-corrected chi connectivity index (χ1v) is 6.52. The molecule has 1 N–H and O–H groups in total. The van der Waals surface area contributed by atoms with Gasteiger partial charge in [-0.2, -0.15) is 0 Å². The molecule has 1 aromatic carbocycles. The summed E-state index contributed by atoms with van der Waals surface area (Å²) in [5, 5.41) is 9.91. The second kappa shape index (κ2) is 5.02. The molecule has 3 nitrogen and oxygen atoms in total. The summed E-state index contributed by atoms with van der Waals surface area (Å²) in [6.07, 6.45) is 0. The molecular formula is C14H19BrO3. The molecule has 1 rings (SSSR count). The normalized spacial score (nSPS) is 11.6. The highest BCUT2D eigenvalue weighted by molar-refractivity contribution is 9.10.